The van der Waals surface area contributed by atoms with E-state index in [0.29, 0.717) is 17.6 Å². The molecule has 98 valence electrons. The van der Waals surface area contributed by atoms with Gasteiger partial charge in [-0.25, -0.2) is 0 Å². The molecule has 0 aliphatic rings. The van der Waals surface area contributed by atoms with Crippen LogP contribution in [0.1, 0.15) is 16.1 Å². The highest BCUT2D eigenvalue weighted by atomic mass is 16.1. The number of amides is 1. The summed E-state index contributed by atoms with van der Waals surface area (Å²) in [4.78, 5) is 20.7. The van der Waals surface area contributed by atoms with Crippen molar-refractivity contribution in [3.05, 3.63) is 72.2 Å². The minimum Gasteiger partial charge on any atom is -0.346 e. The summed E-state index contributed by atoms with van der Waals surface area (Å²) in [5, 5.41) is 3.82. The van der Waals surface area contributed by atoms with E-state index in [9.17, 15) is 4.79 Å². The van der Waals surface area contributed by atoms with Crippen molar-refractivity contribution in [1.29, 1.82) is 0 Å². The average molecular weight is 263 g/mol. The Balaban J connectivity index is 1.82. The van der Waals surface area contributed by atoms with Gasteiger partial charge in [-0.1, -0.05) is 24.3 Å². The van der Waals surface area contributed by atoms with Gasteiger partial charge in [0, 0.05) is 17.8 Å². The zero-order valence-corrected chi connectivity index (χ0v) is 10.8. The molecule has 3 rings (SSSR count). The minimum absolute atomic E-state index is 0.139. The Labute approximate surface area is 116 Å². The highest BCUT2D eigenvalue weighted by Gasteiger charge is 2.10. The molecule has 0 saturated carbocycles. The van der Waals surface area contributed by atoms with Gasteiger partial charge < -0.3 is 5.32 Å². The standard InChI is InChI=1S/C16H13N3O/c20-16(19-11-13-7-1-2-9-17-13)14-8-3-5-12-6-4-10-18-15(12)14/h1-10H,11H2,(H,19,20). The van der Waals surface area contributed by atoms with E-state index in [4.69, 9.17) is 0 Å². The van der Waals surface area contributed by atoms with Crippen LogP contribution in [0.15, 0.2) is 60.9 Å². The molecule has 0 radical (unpaired) electrons. The molecule has 2 aromatic heterocycles. The maximum absolute atomic E-state index is 12.3. The monoisotopic (exact) mass is 263 g/mol. The molecule has 0 bridgehead atoms. The number of benzene rings is 1. The largest absolute Gasteiger partial charge is 0.346 e. The van der Waals surface area contributed by atoms with Gasteiger partial charge in [-0.15, -0.1) is 0 Å². The van der Waals surface area contributed by atoms with Crippen molar-refractivity contribution in [2.75, 3.05) is 0 Å². The Bertz CT molecular complexity index is 736. The van der Waals surface area contributed by atoms with E-state index in [0.717, 1.165) is 11.1 Å². The smallest absolute Gasteiger partial charge is 0.253 e. The quantitative estimate of drug-likeness (QED) is 0.790. The highest BCUT2D eigenvalue weighted by Crippen LogP contribution is 2.15. The summed E-state index contributed by atoms with van der Waals surface area (Å²) < 4.78 is 0. The molecule has 2 heterocycles. The molecule has 1 amide bonds. The summed E-state index contributed by atoms with van der Waals surface area (Å²) in [7, 11) is 0. The molecule has 0 atom stereocenters. The average Bonchev–Trinajstić information content (AvgIpc) is 2.53. The molecule has 0 fully saturated rings. The van der Waals surface area contributed by atoms with Crippen molar-refractivity contribution < 1.29 is 4.79 Å². The fourth-order valence-corrected chi connectivity index (χ4v) is 2.06. The van der Waals surface area contributed by atoms with Crippen LogP contribution in [0.3, 0.4) is 0 Å². The van der Waals surface area contributed by atoms with E-state index >= 15 is 0 Å². The van der Waals surface area contributed by atoms with Gasteiger partial charge in [0.15, 0.2) is 0 Å². The van der Waals surface area contributed by atoms with Crippen LogP contribution in [0.25, 0.3) is 10.9 Å². The number of para-hydroxylation sites is 1. The number of carbonyl (C=O) groups excluding carboxylic acids is 1. The number of rotatable bonds is 3. The lowest BCUT2D eigenvalue weighted by atomic mass is 10.1. The molecule has 0 unspecified atom stereocenters. The third-order valence-electron chi connectivity index (χ3n) is 3.03. The van der Waals surface area contributed by atoms with Crippen LogP contribution in [-0.4, -0.2) is 15.9 Å². The fraction of sp³-hybridized carbons (Fsp3) is 0.0625. The number of nitrogens with zero attached hydrogens (tertiary/aromatic N) is 2. The third-order valence-corrected chi connectivity index (χ3v) is 3.03. The van der Waals surface area contributed by atoms with E-state index in [1.807, 2.05) is 42.5 Å². The zero-order valence-electron chi connectivity index (χ0n) is 10.8. The van der Waals surface area contributed by atoms with Crippen LogP contribution >= 0.6 is 0 Å². The maximum Gasteiger partial charge on any atom is 0.253 e. The molecular formula is C16H13N3O. The number of pyridine rings is 2. The number of nitrogens with one attached hydrogen (secondary N) is 1. The summed E-state index contributed by atoms with van der Waals surface area (Å²) in [6.45, 7) is 0.406. The van der Waals surface area contributed by atoms with Crippen LogP contribution < -0.4 is 5.32 Å². The number of carbonyl (C=O) groups is 1. The van der Waals surface area contributed by atoms with Crippen molar-refractivity contribution in [3.8, 4) is 0 Å². The van der Waals surface area contributed by atoms with Gasteiger partial charge in [-0.3, -0.25) is 14.8 Å². The Kier molecular flexibility index (Phi) is 3.37. The lowest BCUT2D eigenvalue weighted by molar-refractivity contribution is 0.0952. The first kappa shape index (κ1) is 12.3. The Morgan fingerprint density at radius 2 is 1.80 bits per heavy atom. The lowest BCUT2D eigenvalue weighted by Crippen LogP contribution is -2.23. The van der Waals surface area contributed by atoms with Crippen molar-refractivity contribution in [3.63, 3.8) is 0 Å². The first-order chi connectivity index (χ1) is 9.84. The van der Waals surface area contributed by atoms with E-state index in [1.54, 1.807) is 18.5 Å². The summed E-state index contributed by atoms with van der Waals surface area (Å²) >= 11 is 0. The Hall–Kier alpha value is -2.75. The molecule has 4 heteroatoms. The van der Waals surface area contributed by atoms with E-state index in [2.05, 4.69) is 15.3 Å². The third kappa shape index (κ3) is 2.49. The second kappa shape index (κ2) is 5.48. The molecule has 1 N–H and O–H groups in total. The van der Waals surface area contributed by atoms with Crippen LogP contribution in [0, 0.1) is 0 Å². The second-order valence-corrected chi connectivity index (χ2v) is 4.38. The number of hydrogen-bond acceptors (Lipinski definition) is 3. The van der Waals surface area contributed by atoms with Gasteiger partial charge in [-0.05, 0) is 24.3 Å². The maximum atomic E-state index is 12.3. The summed E-state index contributed by atoms with van der Waals surface area (Å²) in [6, 6.07) is 15.0. The number of hydrogen-bond donors (Lipinski definition) is 1. The predicted molar refractivity (Wildman–Crippen MR) is 77.2 cm³/mol. The topological polar surface area (TPSA) is 54.9 Å². The first-order valence-electron chi connectivity index (χ1n) is 6.36. The molecule has 1 aromatic carbocycles. The molecule has 0 saturated heterocycles. The number of fused-ring (bicyclic) bond motifs is 1. The second-order valence-electron chi connectivity index (χ2n) is 4.38. The SMILES string of the molecule is O=C(NCc1ccccn1)c1cccc2cccnc12. The molecule has 3 aromatic rings. The van der Waals surface area contributed by atoms with Crippen molar-refractivity contribution in [2.24, 2.45) is 0 Å². The Morgan fingerprint density at radius 3 is 2.65 bits per heavy atom. The zero-order chi connectivity index (χ0) is 13.8. The summed E-state index contributed by atoms with van der Waals surface area (Å²) in [6.07, 6.45) is 3.40. The first-order valence-corrected chi connectivity index (χ1v) is 6.36. The van der Waals surface area contributed by atoms with Gasteiger partial charge in [-0.2, -0.15) is 0 Å². The van der Waals surface area contributed by atoms with Crippen molar-refractivity contribution in [1.82, 2.24) is 15.3 Å². The number of aromatic nitrogens is 2. The Morgan fingerprint density at radius 1 is 0.950 bits per heavy atom. The van der Waals surface area contributed by atoms with Crippen molar-refractivity contribution in [2.45, 2.75) is 6.54 Å². The lowest BCUT2D eigenvalue weighted by Gasteiger charge is -2.07. The van der Waals surface area contributed by atoms with Gasteiger partial charge in [0.2, 0.25) is 0 Å². The van der Waals surface area contributed by atoms with Crippen LogP contribution in [0.4, 0.5) is 0 Å². The normalized spacial score (nSPS) is 10.4. The predicted octanol–water partition coefficient (Wildman–Crippen LogP) is 2.56. The van der Waals surface area contributed by atoms with Crippen molar-refractivity contribution >= 4 is 16.8 Å². The van der Waals surface area contributed by atoms with Crippen LogP contribution in [-0.2, 0) is 6.54 Å². The minimum atomic E-state index is -0.139. The molecule has 4 nitrogen and oxygen atoms in total. The van der Waals surface area contributed by atoms with Gasteiger partial charge >= 0.3 is 0 Å². The van der Waals surface area contributed by atoms with Gasteiger partial charge in [0.25, 0.3) is 5.91 Å². The molecule has 0 aliphatic heterocycles. The molecule has 0 aliphatic carbocycles. The van der Waals surface area contributed by atoms with Gasteiger partial charge in [0.05, 0.1) is 23.3 Å². The van der Waals surface area contributed by atoms with E-state index in [-0.39, 0.29) is 5.91 Å². The van der Waals surface area contributed by atoms with Gasteiger partial charge in [0.1, 0.15) is 0 Å². The van der Waals surface area contributed by atoms with E-state index in [1.165, 1.54) is 0 Å². The summed E-state index contributed by atoms with van der Waals surface area (Å²) in [5.41, 5.74) is 2.13. The molecule has 20 heavy (non-hydrogen) atoms. The highest BCUT2D eigenvalue weighted by molar-refractivity contribution is 6.05. The molecular weight excluding hydrogens is 250 g/mol. The fourth-order valence-electron chi connectivity index (χ4n) is 2.06. The van der Waals surface area contributed by atoms with Crippen LogP contribution in [0.5, 0.6) is 0 Å². The summed E-state index contributed by atoms with van der Waals surface area (Å²) in [5.74, 6) is -0.139. The van der Waals surface area contributed by atoms with E-state index < -0.39 is 0 Å². The van der Waals surface area contributed by atoms with Crippen LogP contribution in [0.2, 0.25) is 0 Å². The molecule has 0 spiro atoms.